The highest BCUT2D eigenvalue weighted by molar-refractivity contribution is 6.76. The van der Waals surface area contributed by atoms with Crippen LogP contribution in [0.2, 0.25) is 25.7 Å². The van der Waals surface area contributed by atoms with Gasteiger partial charge in [-0.3, -0.25) is 0 Å². The Kier molecular flexibility index (Phi) is 11.3. The zero-order chi connectivity index (χ0) is 18.6. The SMILES string of the molecule is CCC/C=C/C(N)(CCCCC1CCCCC1)CCCC[Si](C)(C)C. The van der Waals surface area contributed by atoms with E-state index in [1.54, 1.807) is 0 Å². The van der Waals surface area contributed by atoms with Crippen LogP contribution in [-0.4, -0.2) is 13.6 Å². The second-order valence-electron chi connectivity index (χ2n) is 9.94. The summed E-state index contributed by atoms with van der Waals surface area (Å²) in [4.78, 5) is 0. The molecule has 1 aliphatic rings. The Morgan fingerprint density at radius 3 is 2.20 bits per heavy atom. The maximum Gasteiger partial charge on any atom is 0.0442 e. The zero-order valence-corrected chi connectivity index (χ0v) is 18.9. The molecule has 0 spiro atoms. The van der Waals surface area contributed by atoms with Crippen molar-refractivity contribution >= 4 is 8.07 Å². The van der Waals surface area contributed by atoms with Gasteiger partial charge in [0.15, 0.2) is 0 Å². The fourth-order valence-corrected chi connectivity index (χ4v) is 5.56. The molecule has 1 saturated carbocycles. The summed E-state index contributed by atoms with van der Waals surface area (Å²) in [7, 11) is -0.894. The van der Waals surface area contributed by atoms with Gasteiger partial charge in [0.2, 0.25) is 0 Å². The summed E-state index contributed by atoms with van der Waals surface area (Å²) in [5.41, 5.74) is 6.79. The highest BCUT2D eigenvalue weighted by Crippen LogP contribution is 2.29. The lowest BCUT2D eigenvalue weighted by atomic mass is 9.83. The lowest BCUT2D eigenvalue weighted by Crippen LogP contribution is -2.37. The highest BCUT2D eigenvalue weighted by Gasteiger charge is 2.22. The molecule has 0 radical (unpaired) electrons. The van der Waals surface area contributed by atoms with E-state index in [0.717, 1.165) is 5.92 Å². The largest absolute Gasteiger partial charge is 0.322 e. The molecule has 148 valence electrons. The van der Waals surface area contributed by atoms with Crippen LogP contribution in [0.3, 0.4) is 0 Å². The van der Waals surface area contributed by atoms with E-state index in [9.17, 15) is 0 Å². The minimum atomic E-state index is -0.894. The summed E-state index contributed by atoms with van der Waals surface area (Å²) >= 11 is 0. The molecule has 0 aromatic rings. The Morgan fingerprint density at radius 2 is 1.60 bits per heavy atom. The highest BCUT2D eigenvalue weighted by atomic mass is 28.3. The van der Waals surface area contributed by atoms with Gasteiger partial charge in [-0.25, -0.2) is 0 Å². The maximum absolute atomic E-state index is 6.83. The van der Waals surface area contributed by atoms with Gasteiger partial charge in [-0.1, -0.05) is 115 Å². The molecule has 0 aromatic carbocycles. The third-order valence-corrected chi connectivity index (χ3v) is 7.81. The van der Waals surface area contributed by atoms with E-state index in [1.807, 2.05) is 0 Å². The molecule has 0 heterocycles. The van der Waals surface area contributed by atoms with Gasteiger partial charge in [-0.05, 0) is 25.2 Å². The van der Waals surface area contributed by atoms with Gasteiger partial charge in [0.1, 0.15) is 0 Å². The molecule has 2 N–H and O–H groups in total. The van der Waals surface area contributed by atoms with Gasteiger partial charge in [-0.15, -0.1) is 0 Å². The normalized spacial score (nSPS) is 19.4. The fourth-order valence-electron chi connectivity index (χ4n) is 4.25. The number of hydrogen-bond acceptors (Lipinski definition) is 1. The second kappa shape index (κ2) is 12.3. The van der Waals surface area contributed by atoms with Gasteiger partial charge >= 0.3 is 0 Å². The molecule has 1 aliphatic carbocycles. The average molecular weight is 366 g/mol. The van der Waals surface area contributed by atoms with Crippen molar-refractivity contribution in [3.8, 4) is 0 Å². The summed E-state index contributed by atoms with van der Waals surface area (Å²) in [6, 6.07) is 1.45. The first-order valence-electron chi connectivity index (χ1n) is 11.3. The van der Waals surface area contributed by atoms with Crippen LogP contribution in [-0.2, 0) is 0 Å². The molecule has 1 unspecified atom stereocenters. The van der Waals surface area contributed by atoms with Crippen molar-refractivity contribution in [2.45, 2.75) is 128 Å². The molecule has 0 aromatic heterocycles. The third kappa shape index (κ3) is 12.0. The quantitative estimate of drug-likeness (QED) is 0.202. The van der Waals surface area contributed by atoms with Crippen LogP contribution in [0.1, 0.15) is 96.8 Å². The molecule has 0 amide bonds. The lowest BCUT2D eigenvalue weighted by Gasteiger charge is -2.28. The molecule has 1 fully saturated rings. The molecule has 2 heteroatoms. The van der Waals surface area contributed by atoms with Gasteiger partial charge in [0.25, 0.3) is 0 Å². The van der Waals surface area contributed by atoms with Crippen molar-refractivity contribution in [3.63, 3.8) is 0 Å². The van der Waals surface area contributed by atoms with Crippen LogP contribution in [0, 0.1) is 5.92 Å². The Bertz CT molecular complexity index is 352. The number of rotatable bonds is 13. The van der Waals surface area contributed by atoms with Crippen LogP contribution in [0.15, 0.2) is 12.2 Å². The van der Waals surface area contributed by atoms with Crippen molar-refractivity contribution in [1.29, 1.82) is 0 Å². The summed E-state index contributed by atoms with van der Waals surface area (Å²) in [6.07, 6.45) is 23.7. The molecule has 0 aliphatic heterocycles. The van der Waals surface area contributed by atoms with E-state index in [4.69, 9.17) is 5.73 Å². The minimum Gasteiger partial charge on any atom is -0.322 e. The third-order valence-electron chi connectivity index (χ3n) is 5.95. The van der Waals surface area contributed by atoms with Gasteiger partial charge in [-0.2, -0.15) is 0 Å². The van der Waals surface area contributed by atoms with Gasteiger partial charge < -0.3 is 5.73 Å². The minimum absolute atomic E-state index is 0.0405. The van der Waals surface area contributed by atoms with Crippen molar-refractivity contribution < 1.29 is 0 Å². The van der Waals surface area contributed by atoms with Crippen molar-refractivity contribution in [2.75, 3.05) is 0 Å². The smallest absolute Gasteiger partial charge is 0.0442 e. The zero-order valence-electron chi connectivity index (χ0n) is 17.9. The molecular weight excluding hydrogens is 318 g/mol. The van der Waals surface area contributed by atoms with Crippen molar-refractivity contribution in [2.24, 2.45) is 11.7 Å². The fraction of sp³-hybridized carbons (Fsp3) is 0.913. The Balaban J connectivity index is 2.33. The van der Waals surface area contributed by atoms with E-state index < -0.39 is 8.07 Å². The topological polar surface area (TPSA) is 26.0 Å². The Labute approximate surface area is 160 Å². The standard InChI is InChI=1S/C23H47NSi/c1-5-6-11-18-23(24,20-13-14-21-25(2,3)4)19-12-10-17-22-15-8-7-9-16-22/h11,18,22H,5-10,12-17,19-21,24H2,1-4H3/b18-11+. The summed E-state index contributed by atoms with van der Waals surface area (Å²) in [5.74, 6) is 1.02. The van der Waals surface area contributed by atoms with Crippen molar-refractivity contribution in [3.05, 3.63) is 12.2 Å². The predicted molar refractivity (Wildman–Crippen MR) is 118 cm³/mol. The number of unbranched alkanes of at least 4 members (excludes halogenated alkanes) is 3. The van der Waals surface area contributed by atoms with Crippen molar-refractivity contribution in [1.82, 2.24) is 0 Å². The number of nitrogens with two attached hydrogens (primary N) is 1. The molecule has 1 atom stereocenters. The van der Waals surface area contributed by atoms with E-state index in [1.165, 1.54) is 95.9 Å². The number of hydrogen-bond donors (Lipinski definition) is 1. The lowest BCUT2D eigenvalue weighted by molar-refractivity contribution is 0.320. The van der Waals surface area contributed by atoms with Crippen LogP contribution in [0.4, 0.5) is 0 Å². The molecular formula is C23H47NSi. The number of allylic oxidation sites excluding steroid dienone is 1. The first kappa shape index (κ1) is 23.0. The Morgan fingerprint density at radius 1 is 0.960 bits per heavy atom. The summed E-state index contributed by atoms with van der Waals surface area (Å²) in [5, 5.41) is 0. The summed E-state index contributed by atoms with van der Waals surface area (Å²) in [6.45, 7) is 9.69. The van der Waals surface area contributed by atoms with Crippen LogP contribution >= 0.6 is 0 Å². The Hall–Kier alpha value is -0.0831. The van der Waals surface area contributed by atoms with Gasteiger partial charge in [0.05, 0.1) is 0 Å². The average Bonchev–Trinajstić information content (AvgIpc) is 2.56. The first-order chi connectivity index (χ1) is 11.8. The van der Waals surface area contributed by atoms with E-state index in [2.05, 4.69) is 38.7 Å². The molecule has 0 saturated heterocycles. The molecule has 1 rings (SSSR count). The van der Waals surface area contributed by atoms with E-state index >= 15 is 0 Å². The van der Waals surface area contributed by atoms with Crippen LogP contribution in [0.5, 0.6) is 0 Å². The second-order valence-corrected chi connectivity index (χ2v) is 15.6. The molecule has 1 nitrogen and oxygen atoms in total. The summed E-state index contributed by atoms with van der Waals surface area (Å²) < 4.78 is 0. The molecule has 25 heavy (non-hydrogen) atoms. The predicted octanol–water partition coefficient (Wildman–Crippen LogP) is 7.69. The molecule has 0 bridgehead atoms. The monoisotopic (exact) mass is 365 g/mol. The van der Waals surface area contributed by atoms with Crippen LogP contribution in [0.25, 0.3) is 0 Å². The maximum atomic E-state index is 6.83. The van der Waals surface area contributed by atoms with Crippen LogP contribution < -0.4 is 5.73 Å². The van der Waals surface area contributed by atoms with E-state index in [-0.39, 0.29) is 5.54 Å². The first-order valence-corrected chi connectivity index (χ1v) is 15.0. The van der Waals surface area contributed by atoms with Gasteiger partial charge in [0, 0.05) is 13.6 Å². The van der Waals surface area contributed by atoms with E-state index in [0.29, 0.717) is 0 Å².